The van der Waals surface area contributed by atoms with E-state index in [4.69, 9.17) is 4.74 Å². The summed E-state index contributed by atoms with van der Waals surface area (Å²) in [5.41, 5.74) is 3.93. The van der Waals surface area contributed by atoms with Crippen LogP contribution in [-0.2, 0) is 11.2 Å². The highest BCUT2D eigenvalue weighted by atomic mass is 16.5. The van der Waals surface area contributed by atoms with E-state index in [9.17, 15) is 9.59 Å². The Morgan fingerprint density at radius 2 is 1.39 bits per heavy atom. The maximum absolute atomic E-state index is 12.8. The van der Waals surface area contributed by atoms with Crippen molar-refractivity contribution in [1.29, 1.82) is 0 Å². The summed E-state index contributed by atoms with van der Waals surface area (Å²) in [6.07, 6.45) is 1.88. The minimum absolute atomic E-state index is 0.0156. The number of rotatable bonds is 9. The fourth-order valence-corrected chi connectivity index (χ4v) is 4.78. The highest BCUT2D eigenvalue weighted by Crippen LogP contribution is 2.35. The van der Waals surface area contributed by atoms with Gasteiger partial charge in [-0.25, -0.2) is 0 Å². The number of carbonyl (C=O) groups is 2. The third-order valence-corrected chi connectivity index (χ3v) is 6.72. The lowest BCUT2D eigenvalue weighted by Crippen LogP contribution is -2.08. The Labute approximate surface area is 211 Å². The molecule has 0 saturated heterocycles. The first kappa shape index (κ1) is 23.5. The fraction of sp³-hybridized carbons (Fsp3) is 0.152. The zero-order valence-corrected chi connectivity index (χ0v) is 20.4. The van der Waals surface area contributed by atoms with Crippen LogP contribution in [0.4, 0.5) is 0 Å². The summed E-state index contributed by atoms with van der Waals surface area (Å²) >= 11 is 0. The van der Waals surface area contributed by atoms with Crippen LogP contribution in [0.25, 0.3) is 32.7 Å². The lowest BCUT2D eigenvalue weighted by atomic mass is 9.92. The van der Waals surface area contributed by atoms with Crippen LogP contribution < -0.4 is 4.74 Å². The topological polar surface area (TPSA) is 43.4 Å². The third kappa shape index (κ3) is 5.06. The molecule has 5 aromatic carbocycles. The van der Waals surface area contributed by atoms with E-state index in [2.05, 4.69) is 54.6 Å². The second-order valence-electron chi connectivity index (χ2n) is 9.11. The van der Waals surface area contributed by atoms with Gasteiger partial charge in [0.25, 0.3) is 0 Å². The van der Waals surface area contributed by atoms with Gasteiger partial charge in [0.2, 0.25) is 0 Å². The van der Waals surface area contributed by atoms with Gasteiger partial charge in [-0.05, 0) is 69.3 Å². The Kier molecular flexibility index (Phi) is 6.90. The van der Waals surface area contributed by atoms with Gasteiger partial charge >= 0.3 is 0 Å². The van der Waals surface area contributed by atoms with E-state index in [0.717, 1.165) is 35.3 Å². The average Bonchev–Trinajstić information content (AvgIpc) is 2.93. The lowest BCUT2D eigenvalue weighted by molar-refractivity contribution is -0.118. The number of hydrogen-bond acceptors (Lipinski definition) is 3. The van der Waals surface area contributed by atoms with Crippen molar-refractivity contribution in [1.82, 2.24) is 0 Å². The van der Waals surface area contributed by atoms with E-state index < -0.39 is 0 Å². The smallest absolute Gasteiger partial charge is 0.170 e. The molecule has 0 aliphatic carbocycles. The van der Waals surface area contributed by atoms with Crippen molar-refractivity contribution in [3.05, 3.63) is 114 Å². The quantitative estimate of drug-likeness (QED) is 0.125. The standard InChI is InChI=1S/C33H28O3/c1-36-28-19-13-23(14-20-28)7-6-9-27(34)22-33(35)25-17-15-24(16-18-25)32-21-26-8-2-3-10-29(26)30-11-4-5-12-31(30)32/h2-5,8,10-21H,6-7,9,22H2,1H3. The highest BCUT2D eigenvalue weighted by molar-refractivity contribution is 6.14. The van der Waals surface area contributed by atoms with E-state index in [1.54, 1.807) is 7.11 Å². The molecule has 36 heavy (non-hydrogen) atoms. The number of methoxy groups -OCH3 is 1. The highest BCUT2D eigenvalue weighted by Gasteiger charge is 2.13. The molecule has 0 unspecified atom stereocenters. The summed E-state index contributed by atoms with van der Waals surface area (Å²) in [6, 6.07) is 34.5. The van der Waals surface area contributed by atoms with Gasteiger partial charge < -0.3 is 4.74 Å². The largest absolute Gasteiger partial charge is 0.497 e. The Morgan fingerprint density at radius 3 is 2.11 bits per heavy atom. The monoisotopic (exact) mass is 472 g/mol. The van der Waals surface area contributed by atoms with E-state index >= 15 is 0 Å². The van der Waals surface area contributed by atoms with E-state index in [-0.39, 0.29) is 18.0 Å². The predicted octanol–water partition coefficient (Wildman–Crippen LogP) is 7.83. The van der Waals surface area contributed by atoms with E-state index in [0.29, 0.717) is 12.0 Å². The Bertz CT molecular complexity index is 1530. The van der Waals surface area contributed by atoms with Gasteiger partial charge in [0.1, 0.15) is 11.5 Å². The average molecular weight is 473 g/mol. The van der Waals surface area contributed by atoms with Gasteiger partial charge in [-0.1, -0.05) is 84.9 Å². The molecule has 0 aliphatic rings. The third-order valence-electron chi connectivity index (χ3n) is 6.72. The Morgan fingerprint density at radius 1 is 0.722 bits per heavy atom. The summed E-state index contributed by atoms with van der Waals surface area (Å²) in [5.74, 6) is 0.678. The van der Waals surface area contributed by atoms with Crippen LogP contribution >= 0.6 is 0 Å². The van der Waals surface area contributed by atoms with Gasteiger partial charge in [0, 0.05) is 12.0 Å². The number of hydrogen-bond donors (Lipinski definition) is 0. The maximum atomic E-state index is 12.8. The second kappa shape index (κ2) is 10.6. The molecule has 0 saturated carbocycles. The van der Waals surface area contributed by atoms with Crippen LogP contribution in [0.5, 0.6) is 5.75 Å². The van der Waals surface area contributed by atoms with Crippen LogP contribution in [0.2, 0.25) is 0 Å². The SMILES string of the molecule is COc1ccc(CCCC(=O)CC(=O)c2ccc(-c3cc4ccccc4c4ccccc34)cc2)cc1. The number of ether oxygens (including phenoxy) is 1. The molecule has 0 atom stereocenters. The summed E-state index contributed by atoms with van der Waals surface area (Å²) in [5, 5.41) is 4.81. The Balaban J connectivity index is 1.25. The molecular weight excluding hydrogens is 444 g/mol. The number of ketones is 2. The van der Waals surface area contributed by atoms with Gasteiger partial charge in [-0.15, -0.1) is 0 Å². The number of Topliss-reactive ketones (excluding diaryl/α,β-unsaturated/α-hetero) is 2. The zero-order chi connectivity index (χ0) is 24.9. The first-order valence-corrected chi connectivity index (χ1v) is 12.3. The number of fused-ring (bicyclic) bond motifs is 3. The van der Waals surface area contributed by atoms with E-state index in [1.807, 2.05) is 48.5 Å². The van der Waals surface area contributed by atoms with E-state index in [1.165, 1.54) is 21.5 Å². The molecule has 178 valence electrons. The molecular formula is C33H28O3. The Hall–Kier alpha value is -4.24. The van der Waals surface area contributed by atoms with Gasteiger partial charge in [0.05, 0.1) is 13.5 Å². The second-order valence-corrected chi connectivity index (χ2v) is 9.11. The number of carbonyl (C=O) groups excluding carboxylic acids is 2. The van der Waals surface area contributed by atoms with Crippen LogP contribution in [-0.4, -0.2) is 18.7 Å². The first-order valence-electron chi connectivity index (χ1n) is 12.3. The molecule has 0 bridgehead atoms. The van der Waals surface area contributed by atoms with Crippen LogP contribution in [0, 0.1) is 0 Å². The van der Waals surface area contributed by atoms with Gasteiger partial charge in [0.15, 0.2) is 5.78 Å². The molecule has 3 nitrogen and oxygen atoms in total. The summed E-state index contributed by atoms with van der Waals surface area (Å²) in [6.45, 7) is 0. The van der Waals surface area contributed by atoms with Gasteiger partial charge in [-0.3, -0.25) is 9.59 Å². The summed E-state index contributed by atoms with van der Waals surface area (Å²) in [7, 11) is 1.64. The first-order chi connectivity index (χ1) is 17.6. The molecule has 0 heterocycles. The molecule has 0 aliphatic heterocycles. The molecule has 0 amide bonds. The number of aryl methyl sites for hydroxylation is 1. The molecule has 3 heteroatoms. The minimum atomic E-state index is -0.126. The molecule has 0 N–H and O–H groups in total. The predicted molar refractivity (Wildman–Crippen MR) is 147 cm³/mol. The number of benzene rings is 5. The van der Waals surface area contributed by atoms with Crippen molar-refractivity contribution in [2.75, 3.05) is 7.11 Å². The molecule has 5 aromatic rings. The van der Waals surface area contributed by atoms with Crippen LogP contribution in [0.15, 0.2) is 103 Å². The molecule has 0 radical (unpaired) electrons. The van der Waals surface area contributed by atoms with Crippen molar-refractivity contribution in [3.8, 4) is 16.9 Å². The molecule has 0 spiro atoms. The van der Waals surface area contributed by atoms with Crippen LogP contribution in [0.3, 0.4) is 0 Å². The van der Waals surface area contributed by atoms with Crippen LogP contribution in [0.1, 0.15) is 35.2 Å². The van der Waals surface area contributed by atoms with Crippen molar-refractivity contribution in [2.24, 2.45) is 0 Å². The fourth-order valence-electron chi connectivity index (χ4n) is 4.78. The molecule has 0 fully saturated rings. The summed E-state index contributed by atoms with van der Waals surface area (Å²) < 4.78 is 5.17. The lowest BCUT2D eigenvalue weighted by Gasteiger charge is -2.11. The molecule has 5 rings (SSSR count). The van der Waals surface area contributed by atoms with Crippen molar-refractivity contribution >= 4 is 33.1 Å². The normalized spacial score (nSPS) is 11.0. The van der Waals surface area contributed by atoms with Crippen molar-refractivity contribution in [3.63, 3.8) is 0 Å². The zero-order valence-electron chi connectivity index (χ0n) is 20.4. The maximum Gasteiger partial charge on any atom is 0.170 e. The van der Waals surface area contributed by atoms with Gasteiger partial charge in [-0.2, -0.15) is 0 Å². The molecule has 0 aromatic heterocycles. The minimum Gasteiger partial charge on any atom is -0.497 e. The van der Waals surface area contributed by atoms with Crippen molar-refractivity contribution in [2.45, 2.75) is 25.7 Å². The van der Waals surface area contributed by atoms with Crippen molar-refractivity contribution < 1.29 is 14.3 Å². The summed E-state index contributed by atoms with van der Waals surface area (Å²) in [4.78, 5) is 25.2.